The van der Waals surface area contributed by atoms with E-state index in [0.717, 1.165) is 24.2 Å². The molecule has 3 rings (SSSR count). The molecule has 17 heavy (non-hydrogen) atoms. The Labute approximate surface area is 99.5 Å². The van der Waals surface area contributed by atoms with Crippen molar-refractivity contribution >= 4 is 0 Å². The SMILES string of the molecule is O=c1cc2c(c(-c3ccccn3)[nH]1)CCCC2. The Morgan fingerprint density at radius 1 is 1.18 bits per heavy atom. The topological polar surface area (TPSA) is 45.8 Å². The Bertz CT molecular complexity index is 587. The first kappa shape index (κ1) is 10.3. The van der Waals surface area contributed by atoms with Gasteiger partial charge in [-0.15, -0.1) is 0 Å². The number of aryl methyl sites for hydroxylation is 1. The smallest absolute Gasteiger partial charge is 0.248 e. The van der Waals surface area contributed by atoms with Gasteiger partial charge in [0.2, 0.25) is 5.56 Å². The molecule has 1 aliphatic rings. The number of aromatic nitrogens is 2. The number of hydrogen-bond acceptors (Lipinski definition) is 2. The summed E-state index contributed by atoms with van der Waals surface area (Å²) >= 11 is 0. The van der Waals surface area contributed by atoms with Gasteiger partial charge in [-0.05, 0) is 48.9 Å². The predicted octanol–water partition coefficient (Wildman–Crippen LogP) is 2.32. The monoisotopic (exact) mass is 226 g/mol. The van der Waals surface area contributed by atoms with Crippen molar-refractivity contribution in [3.63, 3.8) is 0 Å². The first-order valence-electron chi connectivity index (χ1n) is 6.01. The molecule has 0 saturated carbocycles. The minimum Gasteiger partial charge on any atom is -0.320 e. The molecule has 2 heterocycles. The molecule has 2 aromatic rings. The molecule has 0 spiro atoms. The molecular weight excluding hydrogens is 212 g/mol. The lowest BCUT2D eigenvalue weighted by Gasteiger charge is -2.18. The second kappa shape index (κ2) is 4.17. The summed E-state index contributed by atoms with van der Waals surface area (Å²) in [5.41, 5.74) is 4.22. The van der Waals surface area contributed by atoms with Crippen LogP contribution in [0.15, 0.2) is 35.3 Å². The van der Waals surface area contributed by atoms with Gasteiger partial charge in [-0.2, -0.15) is 0 Å². The van der Waals surface area contributed by atoms with Crippen molar-refractivity contribution in [1.82, 2.24) is 9.97 Å². The van der Waals surface area contributed by atoms with Crippen LogP contribution in [0.25, 0.3) is 11.4 Å². The molecule has 0 atom stereocenters. The summed E-state index contributed by atoms with van der Waals surface area (Å²) in [6, 6.07) is 7.51. The molecule has 1 N–H and O–H groups in total. The molecular formula is C14H14N2O. The minimum absolute atomic E-state index is 0.0219. The lowest BCUT2D eigenvalue weighted by atomic mass is 9.90. The third-order valence-corrected chi connectivity index (χ3v) is 3.29. The van der Waals surface area contributed by atoms with Gasteiger partial charge in [0.15, 0.2) is 0 Å². The fourth-order valence-electron chi connectivity index (χ4n) is 2.50. The van der Waals surface area contributed by atoms with Crippen LogP contribution in [-0.4, -0.2) is 9.97 Å². The maximum Gasteiger partial charge on any atom is 0.248 e. The van der Waals surface area contributed by atoms with Crippen LogP contribution in [0.3, 0.4) is 0 Å². The van der Waals surface area contributed by atoms with Gasteiger partial charge in [-0.1, -0.05) is 6.07 Å². The van der Waals surface area contributed by atoms with Crippen molar-refractivity contribution in [2.75, 3.05) is 0 Å². The van der Waals surface area contributed by atoms with Gasteiger partial charge in [0.25, 0.3) is 0 Å². The molecule has 3 nitrogen and oxygen atoms in total. The summed E-state index contributed by atoms with van der Waals surface area (Å²) in [5, 5.41) is 0. The fraction of sp³-hybridized carbons (Fsp3) is 0.286. The van der Waals surface area contributed by atoms with Crippen molar-refractivity contribution < 1.29 is 0 Å². The molecule has 0 bridgehead atoms. The zero-order valence-electron chi connectivity index (χ0n) is 9.57. The lowest BCUT2D eigenvalue weighted by Crippen LogP contribution is -2.15. The Morgan fingerprint density at radius 2 is 2.06 bits per heavy atom. The maximum atomic E-state index is 11.7. The van der Waals surface area contributed by atoms with Crippen LogP contribution in [0, 0.1) is 0 Å². The van der Waals surface area contributed by atoms with Crippen LogP contribution in [0.4, 0.5) is 0 Å². The Morgan fingerprint density at radius 3 is 2.88 bits per heavy atom. The van der Waals surface area contributed by atoms with Gasteiger partial charge in [-0.25, -0.2) is 0 Å². The number of pyridine rings is 2. The van der Waals surface area contributed by atoms with E-state index < -0.39 is 0 Å². The zero-order valence-corrected chi connectivity index (χ0v) is 9.57. The van der Waals surface area contributed by atoms with Gasteiger partial charge in [0.1, 0.15) is 0 Å². The standard InChI is InChI=1S/C14H14N2O/c17-13-9-10-5-1-2-6-11(10)14(16-13)12-7-3-4-8-15-12/h3-4,7-9H,1-2,5-6H2,(H,16,17). The van der Waals surface area contributed by atoms with E-state index in [2.05, 4.69) is 9.97 Å². The number of nitrogens with one attached hydrogen (secondary N) is 1. The van der Waals surface area contributed by atoms with Crippen LogP contribution in [0.5, 0.6) is 0 Å². The number of hydrogen-bond donors (Lipinski definition) is 1. The third-order valence-electron chi connectivity index (χ3n) is 3.29. The molecule has 86 valence electrons. The first-order valence-corrected chi connectivity index (χ1v) is 6.01. The molecule has 0 radical (unpaired) electrons. The second-order valence-corrected chi connectivity index (χ2v) is 4.43. The van der Waals surface area contributed by atoms with E-state index >= 15 is 0 Å². The van der Waals surface area contributed by atoms with E-state index in [0.29, 0.717) is 0 Å². The first-order chi connectivity index (χ1) is 8.34. The van der Waals surface area contributed by atoms with Crippen molar-refractivity contribution in [3.8, 4) is 11.4 Å². The van der Waals surface area contributed by atoms with Gasteiger partial charge < -0.3 is 4.98 Å². The highest BCUT2D eigenvalue weighted by molar-refractivity contribution is 5.60. The lowest BCUT2D eigenvalue weighted by molar-refractivity contribution is 0.682. The van der Waals surface area contributed by atoms with Crippen molar-refractivity contribution in [2.45, 2.75) is 25.7 Å². The van der Waals surface area contributed by atoms with E-state index in [4.69, 9.17) is 0 Å². The number of fused-ring (bicyclic) bond motifs is 1. The minimum atomic E-state index is -0.0219. The van der Waals surface area contributed by atoms with E-state index in [1.807, 2.05) is 18.2 Å². The molecule has 0 fully saturated rings. The number of nitrogens with zero attached hydrogens (tertiary/aromatic N) is 1. The summed E-state index contributed by atoms with van der Waals surface area (Å²) in [6.45, 7) is 0. The van der Waals surface area contributed by atoms with Crippen molar-refractivity contribution in [3.05, 3.63) is 51.9 Å². The van der Waals surface area contributed by atoms with Crippen molar-refractivity contribution in [1.29, 1.82) is 0 Å². The predicted molar refractivity (Wildman–Crippen MR) is 66.9 cm³/mol. The summed E-state index contributed by atoms with van der Waals surface area (Å²) in [7, 11) is 0. The highest BCUT2D eigenvalue weighted by Crippen LogP contribution is 2.27. The molecule has 3 heteroatoms. The molecule has 0 saturated heterocycles. The third kappa shape index (κ3) is 1.88. The molecule has 0 aromatic carbocycles. The average molecular weight is 226 g/mol. The van der Waals surface area contributed by atoms with Gasteiger partial charge in [0, 0.05) is 12.3 Å². The second-order valence-electron chi connectivity index (χ2n) is 4.43. The van der Waals surface area contributed by atoms with Crippen LogP contribution >= 0.6 is 0 Å². The largest absolute Gasteiger partial charge is 0.320 e. The Kier molecular flexibility index (Phi) is 2.52. The highest BCUT2D eigenvalue weighted by Gasteiger charge is 2.16. The Balaban J connectivity index is 2.22. The van der Waals surface area contributed by atoms with Gasteiger partial charge in [0.05, 0.1) is 11.4 Å². The van der Waals surface area contributed by atoms with Crippen LogP contribution in [-0.2, 0) is 12.8 Å². The van der Waals surface area contributed by atoms with E-state index in [1.54, 1.807) is 12.3 Å². The van der Waals surface area contributed by atoms with Crippen LogP contribution in [0.1, 0.15) is 24.0 Å². The summed E-state index contributed by atoms with van der Waals surface area (Å²) < 4.78 is 0. The molecule has 0 amide bonds. The number of aromatic amines is 1. The van der Waals surface area contributed by atoms with Crippen molar-refractivity contribution in [2.24, 2.45) is 0 Å². The van der Waals surface area contributed by atoms with Gasteiger partial charge in [-0.3, -0.25) is 9.78 Å². The summed E-state index contributed by atoms with van der Waals surface area (Å²) in [6.07, 6.45) is 6.18. The summed E-state index contributed by atoms with van der Waals surface area (Å²) in [5.74, 6) is 0. The van der Waals surface area contributed by atoms with Crippen LogP contribution < -0.4 is 5.56 Å². The van der Waals surface area contributed by atoms with E-state index in [9.17, 15) is 4.79 Å². The number of H-pyrrole nitrogens is 1. The van der Waals surface area contributed by atoms with E-state index in [-0.39, 0.29) is 5.56 Å². The highest BCUT2D eigenvalue weighted by atomic mass is 16.1. The molecule has 2 aromatic heterocycles. The summed E-state index contributed by atoms with van der Waals surface area (Å²) in [4.78, 5) is 18.9. The van der Waals surface area contributed by atoms with E-state index in [1.165, 1.54) is 24.0 Å². The van der Waals surface area contributed by atoms with Crippen LogP contribution in [0.2, 0.25) is 0 Å². The molecule has 0 aliphatic heterocycles. The molecule has 1 aliphatic carbocycles. The maximum absolute atomic E-state index is 11.7. The number of rotatable bonds is 1. The quantitative estimate of drug-likeness (QED) is 0.811. The Hall–Kier alpha value is -1.90. The molecule has 0 unspecified atom stereocenters. The normalized spacial score (nSPS) is 14.4. The zero-order chi connectivity index (χ0) is 11.7. The average Bonchev–Trinajstić information content (AvgIpc) is 2.39. The fourth-order valence-corrected chi connectivity index (χ4v) is 2.50. The van der Waals surface area contributed by atoms with Gasteiger partial charge >= 0.3 is 0 Å².